The van der Waals surface area contributed by atoms with Crippen LogP contribution in [0.4, 0.5) is 5.82 Å². The maximum absolute atomic E-state index is 13.4. The Morgan fingerprint density at radius 2 is 1.91 bits per heavy atom. The van der Waals surface area contributed by atoms with Crippen molar-refractivity contribution < 1.29 is 19.4 Å². The number of anilines is 1. The molecule has 0 saturated heterocycles. The van der Waals surface area contributed by atoms with Crippen molar-refractivity contribution in [2.24, 2.45) is 0 Å². The number of nitrogens with zero attached hydrogens (tertiary/aromatic N) is 5. The summed E-state index contributed by atoms with van der Waals surface area (Å²) in [6.45, 7) is 4.47. The van der Waals surface area contributed by atoms with Crippen molar-refractivity contribution in [3.05, 3.63) is 77.6 Å². The predicted octanol–water partition coefficient (Wildman–Crippen LogP) is 4.46. The van der Waals surface area contributed by atoms with Crippen LogP contribution in [0.5, 0.6) is 5.75 Å². The van der Waals surface area contributed by atoms with Crippen molar-refractivity contribution in [2.45, 2.75) is 26.4 Å². The number of aromatic carboxylic acids is 1. The number of carboxylic acid groups (broad SMARTS) is 1. The molecule has 0 atom stereocenters. The Bertz CT molecular complexity index is 1460. The highest BCUT2D eigenvalue weighted by Gasteiger charge is 2.30. The van der Waals surface area contributed by atoms with Crippen LogP contribution >= 0.6 is 0 Å². The van der Waals surface area contributed by atoms with E-state index in [0.717, 1.165) is 11.1 Å². The Kier molecular flexibility index (Phi) is 5.52. The predicted molar refractivity (Wildman–Crippen MR) is 130 cm³/mol. The highest BCUT2D eigenvalue weighted by Crippen LogP contribution is 2.33. The molecule has 0 saturated carbocycles. The zero-order valence-corrected chi connectivity index (χ0v) is 19.5. The van der Waals surface area contributed by atoms with Gasteiger partial charge in [0.05, 0.1) is 19.2 Å². The number of carbonyl (C=O) groups is 2. The summed E-state index contributed by atoms with van der Waals surface area (Å²) in [6.07, 6.45) is 1.67. The minimum Gasteiger partial charge on any atom is -0.497 e. The van der Waals surface area contributed by atoms with Crippen LogP contribution in [0.25, 0.3) is 22.6 Å². The molecule has 9 heteroatoms. The fraction of sp³-hybridized carbons (Fsp3) is 0.192. The topological polar surface area (TPSA) is 110 Å². The van der Waals surface area contributed by atoms with E-state index in [2.05, 4.69) is 10.2 Å². The Morgan fingerprint density at radius 1 is 1.09 bits per heavy atom. The summed E-state index contributed by atoms with van der Waals surface area (Å²) in [6, 6.07) is 16.0. The molecule has 2 aromatic heterocycles. The van der Waals surface area contributed by atoms with Crippen LogP contribution in [-0.2, 0) is 6.54 Å². The molecule has 0 radical (unpaired) electrons. The molecule has 3 heterocycles. The third-order valence-electron chi connectivity index (χ3n) is 6.01. The molecule has 1 amide bonds. The third-order valence-corrected chi connectivity index (χ3v) is 6.01. The molecule has 1 N–H and O–H groups in total. The number of pyridine rings is 1. The summed E-state index contributed by atoms with van der Waals surface area (Å²) in [5, 5.41) is 17.7. The Hall–Kier alpha value is -4.53. The van der Waals surface area contributed by atoms with Gasteiger partial charge in [-0.3, -0.25) is 9.69 Å². The summed E-state index contributed by atoms with van der Waals surface area (Å²) in [7, 11) is 1.49. The Balaban J connectivity index is 1.48. The van der Waals surface area contributed by atoms with Crippen LogP contribution in [0.3, 0.4) is 0 Å². The Labute approximate surface area is 201 Å². The first-order valence-corrected chi connectivity index (χ1v) is 11.1. The second-order valence-corrected chi connectivity index (χ2v) is 8.56. The number of benzene rings is 2. The first-order valence-electron chi connectivity index (χ1n) is 11.1. The molecule has 1 aliphatic heterocycles. The van der Waals surface area contributed by atoms with E-state index >= 15 is 0 Å². The zero-order chi connectivity index (χ0) is 24.7. The monoisotopic (exact) mass is 469 g/mol. The number of fused-ring (bicyclic) bond motifs is 1. The minimum absolute atomic E-state index is 0.114. The van der Waals surface area contributed by atoms with Crippen LogP contribution in [-0.4, -0.2) is 43.8 Å². The van der Waals surface area contributed by atoms with Gasteiger partial charge in [-0.25, -0.2) is 9.78 Å². The van der Waals surface area contributed by atoms with E-state index in [4.69, 9.17) is 9.72 Å². The summed E-state index contributed by atoms with van der Waals surface area (Å²) in [5.74, 6) is 0.383. The van der Waals surface area contributed by atoms with E-state index in [9.17, 15) is 14.7 Å². The molecule has 0 bridgehead atoms. The van der Waals surface area contributed by atoms with Crippen LogP contribution < -0.4 is 9.64 Å². The lowest BCUT2D eigenvalue weighted by Gasteiger charge is -2.16. The van der Waals surface area contributed by atoms with E-state index in [1.165, 1.54) is 13.2 Å². The molecule has 2 aromatic carbocycles. The number of carboxylic acids is 1. The van der Waals surface area contributed by atoms with Gasteiger partial charge in [0.15, 0.2) is 5.82 Å². The van der Waals surface area contributed by atoms with Crippen molar-refractivity contribution in [1.82, 2.24) is 19.7 Å². The lowest BCUT2D eigenvalue weighted by Crippen LogP contribution is -2.24. The molecule has 0 spiro atoms. The van der Waals surface area contributed by atoms with Crippen LogP contribution in [0, 0.1) is 0 Å². The second-order valence-electron chi connectivity index (χ2n) is 8.56. The van der Waals surface area contributed by atoms with Gasteiger partial charge in [0.25, 0.3) is 5.91 Å². The quantitative estimate of drug-likeness (QED) is 0.444. The van der Waals surface area contributed by atoms with Gasteiger partial charge in [0, 0.05) is 11.6 Å². The van der Waals surface area contributed by atoms with Crippen molar-refractivity contribution in [2.75, 3.05) is 12.0 Å². The first-order chi connectivity index (χ1) is 16.9. The third kappa shape index (κ3) is 4.01. The average Bonchev–Trinajstić information content (AvgIpc) is 3.49. The molecule has 35 heavy (non-hydrogen) atoms. The fourth-order valence-electron chi connectivity index (χ4n) is 4.17. The van der Waals surface area contributed by atoms with Crippen LogP contribution in [0.15, 0.2) is 60.9 Å². The van der Waals surface area contributed by atoms with Gasteiger partial charge in [-0.2, -0.15) is 0 Å². The van der Waals surface area contributed by atoms with Gasteiger partial charge in [-0.1, -0.05) is 18.2 Å². The van der Waals surface area contributed by atoms with Crippen molar-refractivity contribution >= 4 is 17.7 Å². The number of amides is 1. The van der Waals surface area contributed by atoms with E-state index in [-0.39, 0.29) is 17.5 Å². The van der Waals surface area contributed by atoms with Gasteiger partial charge in [-0.15, -0.1) is 10.2 Å². The molecule has 9 nitrogen and oxygen atoms in total. The van der Waals surface area contributed by atoms with Crippen molar-refractivity contribution in [1.29, 1.82) is 0 Å². The van der Waals surface area contributed by atoms with Gasteiger partial charge in [0.2, 0.25) is 0 Å². The molecular formula is C26H23N5O4. The number of methoxy groups -OCH3 is 1. The van der Waals surface area contributed by atoms with Crippen LogP contribution in [0.1, 0.15) is 46.2 Å². The lowest BCUT2D eigenvalue weighted by molar-refractivity contribution is 0.0696. The largest absolute Gasteiger partial charge is 0.497 e. The van der Waals surface area contributed by atoms with E-state index < -0.39 is 5.97 Å². The number of hydrogen-bond acceptors (Lipinski definition) is 6. The number of hydrogen-bond donors (Lipinski definition) is 1. The molecule has 0 aliphatic carbocycles. The zero-order valence-electron chi connectivity index (χ0n) is 19.5. The number of aromatic nitrogens is 4. The van der Waals surface area contributed by atoms with E-state index in [0.29, 0.717) is 40.8 Å². The number of rotatable bonds is 6. The first kappa shape index (κ1) is 22.3. The summed E-state index contributed by atoms with van der Waals surface area (Å²) in [4.78, 5) is 31.3. The molecule has 176 valence electrons. The highest BCUT2D eigenvalue weighted by atomic mass is 16.5. The number of ether oxygens (including phenoxy) is 1. The normalized spacial score (nSPS) is 12.8. The van der Waals surface area contributed by atoms with Crippen molar-refractivity contribution in [3.63, 3.8) is 0 Å². The SMILES string of the molecule is COc1cc(C(=O)O)cc(-c2ccc3c(c2)C(=O)N(c2cccc(-c4nncn4C(C)C)n2)C3)c1. The fourth-order valence-corrected chi connectivity index (χ4v) is 4.17. The van der Waals surface area contributed by atoms with Crippen molar-refractivity contribution in [3.8, 4) is 28.4 Å². The lowest BCUT2D eigenvalue weighted by atomic mass is 9.98. The standard InChI is InChI=1S/C26H23N5O4/c1-15(2)31-14-27-29-24(31)22-5-4-6-23(28-22)30-13-17-8-7-16(12-21(17)25(30)32)18-9-19(26(33)34)11-20(10-18)35-3/h4-12,14-15H,13H2,1-3H3,(H,33,34). The summed E-state index contributed by atoms with van der Waals surface area (Å²) in [5.41, 5.74) is 3.56. The average molecular weight is 470 g/mol. The van der Waals surface area contributed by atoms with Gasteiger partial charge in [0.1, 0.15) is 23.6 Å². The Morgan fingerprint density at radius 3 is 2.66 bits per heavy atom. The molecular weight excluding hydrogens is 446 g/mol. The molecule has 1 aliphatic rings. The van der Waals surface area contributed by atoms with Crippen LogP contribution in [0.2, 0.25) is 0 Å². The summed E-state index contributed by atoms with van der Waals surface area (Å²) < 4.78 is 7.19. The van der Waals surface area contributed by atoms with Gasteiger partial charge >= 0.3 is 5.97 Å². The van der Waals surface area contributed by atoms with E-state index in [1.54, 1.807) is 35.5 Å². The van der Waals surface area contributed by atoms with Gasteiger partial charge in [-0.05, 0) is 66.9 Å². The number of carbonyl (C=O) groups excluding carboxylic acids is 1. The maximum atomic E-state index is 13.4. The maximum Gasteiger partial charge on any atom is 0.335 e. The highest BCUT2D eigenvalue weighted by molar-refractivity contribution is 6.10. The molecule has 0 unspecified atom stereocenters. The minimum atomic E-state index is -1.05. The summed E-state index contributed by atoms with van der Waals surface area (Å²) >= 11 is 0. The molecule has 4 aromatic rings. The van der Waals surface area contributed by atoms with Gasteiger partial charge < -0.3 is 14.4 Å². The smallest absolute Gasteiger partial charge is 0.335 e. The molecule has 0 fully saturated rings. The molecule has 5 rings (SSSR count). The second kappa shape index (κ2) is 8.68. The van der Waals surface area contributed by atoms with E-state index in [1.807, 2.05) is 42.7 Å².